The molecule has 24 heavy (non-hydrogen) atoms. The number of carbonyl (C=O) groups excluding carboxylic acids is 1. The van der Waals surface area contributed by atoms with Gasteiger partial charge in [-0.3, -0.25) is 4.79 Å². The smallest absolute Gasteiger partial charge is 0.167 e. The van der Waals surface area contributed by atoms with Gasteiger partial charge in [0.1, 0.15) is 23.2 Å². The van der Waals surface area contributed by atoms with Crippen molar-refractivity contribution in [3.63, 3.8) is 0 Å². The second-order valence-electron chi connectivity index (χ2n) is 5.53. The van der Waals surface area contributed by atoms with Crippen LogP contribution >= 0.6 is 11.3 Å². The average Bonchev–Trinajstić information content (AvgIpc) is 3.18. The van der Waals surface area contributed by atoms with Gasteiger partial charge in [-0.05, 0) is 18.2 Å². The van der Waals surface area contributed by atoms with Crippen molar-refractivity contribution in [2.24, 2.45) is 0 Å². The number of ether oxygens (including phenoxy) is 1. The highest BCUT2D eigenvalue weighted by molar-refractivity contribution is 7.18. The second kappa shape index (κ2) is 5.69. The molecule has 1 aliphatic rings. The Kier molecular flexibility index (Phi) is 3.51. The van der Waals surface area contributed by atoms with E-state index in [2.05, 4.69) is 11.1 Å². The molecule has 3 aromatic rings. The molecule has 0 aliphatic carbocycles. The molecule has 2 aromatic carbocycles. The zero-order valence-corrected chi connectivity index (χ0v) is 13.2. The number of carbonyl (C=O) groups is 1. The SMILES string of the molecule is N#C[C@H](C(=O)[C@@H]1COc2ccccc21)c1nc2cc(F)ccc2s1. The van der Waals surface area contributed by atoms with E-state index >= 15 is 0 Å². The summed E-state index contributed by atoms with van der Waals surface area (Å²) in [5, 5.41) is 9.91. The fourth-order valence-electron chi connectivity index (χ4n) is 2.88. The molecule has 0 bridgehead atoms. The number of hydrogen-bond acceptors (Lipinski definition) is 5. The first-order valence-corrected chi connectivity index (χ1v) is 8.20. The molecule has 4 nitrogen and oxygen atoms in total. The third kappa shape index (κ3) is 2.34. The molecular weight excluding hydrogens is 327 g/mol. The Morgan fingerprint density at radius 2 is 2.21 bits per heavy atom. The van der Waals surface area contributed by atoms with E-state index in [4.69, 9.17) is 4.74 Å². The van der Waals surface area contributed by atoms with E-state index in [9.17, 15) is 14.4 Å². The predicted molar refractivity (Wildman–Crippen MR) is 87.6 cm³/mol. The molecule has 4 rings (SSSR count). The van der Waals surface area contributed by atoms with Crippen molar-refractivity contribution in [3.8, 4) is 11.8 Å². The monoisotopic (exact) mass is 338 g/mol. The van der Waals surface area contributed by atoms with Gasteiger partial charge in [-0.25, -0.2) is 9.37 Å². The first-order chi connectivity index (χ1) is 11.7. The number of thiazole rings is 1. The lowest BCUT2D eigenvalue weighted by Crippen LogP contribution is -2.20. The summed E-state index contributed by atoms with van der Waals surface area (Å²) in [6.45, 7) is 0.232. The lowest BCUT2D eigenvalue weighted by Gasteiger charge is -2.10. The normalized spacial score (nSPS) is 17.1. The number of halogens is 1. The summed E-state index contributed by atoms with van der Waals surface area (Å²) in [5.74, 6) is -1.40. The van der Waals surface area contributed by atoms with E-state index in [1.165, 1.54) is 23.5 Å². The summed E-state index contributed by atoms with van der Waals surface area (Å²) in [4.78, 5) is 17.2. The molecule has 0 saturated carbocycles. The summed E-state index contributed by atoms with van der Waals surface area (Å²) in [6, 6.07) is 13.6. The Balaban J connectivity index is 1.70. The molecule has 2 atom stereocenters. The van der Waals surface area contributed by atoms with Crippen LogP contribution in [-0.4, -0.2) is 17.4 Å². The first kappa shape index (κ1) is 14.8. The van der Waals surface area contributed by atoms with Crippen LogP contribution in [0.3, 0.4) is 0 Å². The molecule has 6 heteroatoms. The summed E-state index contributed by atoms with van der Waals surface area (Å²) in [5.41, 5.74) is 1.26. The largest absolute Gasteiger partial charge is 0.492 e. The fourth-order valence-corrected chi connectivity index (χ4v) is 3.88. The fraction of sp³-hybridized carbons (Fsp3) is 0.167. The number of Topliss-reactive ketones (excluding diaryl/α,β-unsaturated/α-hetero) is 1. The predicted octanol–water partition coefficient (Wildman–Crippen LogP) is 3.79. The number of nitriles is 1. The van der Waals surface area contributed by atoms with Crippen molar-refractivity contribution in [1.29, 1.82) is 5.26 Å². The number of ketones is 1. The minimum Gasteiger partial charge on any atom is -0.492 e. The van der Waals surface area contributed by atoms with Crippen LogP contribution in [0.1, 0.15) is 22.4 Å². The Hall–Kier alpha value is -2.78. The Morgan fingerprint density at radius 3 is 3.04 bits per heavy atom. The maximum absolute atomic E-state index is 13.3. The van der Waals surface area contributed by atoms with Crippen LogP contribution in [0.4, 0.5) is 4.39 Å². The minimum atomic E-state index is -0.981. The standard InChI is InChI=1S/C18H11FN2O2S/c19-10-5-6-16-14(7-10)21-18(24-16)12(8-20)17(22)13-9-23-15-4-2-1-3-11(13)15/h1-7,12-13H,9H2/t12-,13-/m1/s1. The van der Waals surface area contributed by atoms with Gasteiger partial charge in [0.2, 0.25) is 0 Å². The van der Waals surface area contributed by atoms with E-state index in [0.29, 0.717) is 16.3 Å². The topological polar surface area (TPSA) is 63.0 Å². The third-order valence-corrected chi connectivity index (χ3v) is 5.17. The highest BCUT2D eigenvalue weighted by Crippen LogP contribution is 2.38. The third-order valence-electron chi connectivity index (χ3n) is 4.07. The lowest BCUT2D eigenvalue weighted by molar-refractivity contribution is -0.121. The van der Waals surface area contributed by atoms with E-state index in [0.717, 1.165) is 10.3 Å². The summed E-state index contributed by atoms with van der Waals surface area (Å²) < 4.78 is 19.6. The van der Waals surface area contributed by atoms with Gasteiger partial charge < -0.3 is 4.74 Å². The van der Waals surface area contributed by atoms with Gasteiger partial charge in [-0.2, -0.15) is 5.26 Å². The molecule has 0 N–H and O–H groups in total. The quantitative estimate of drug-likeness (QED) is 0.729. The first-order valence-electron chi connectivity index (χ1n) is 7.38. The highest BCUT2D eigenvalue weighted by Gasteiger charge is 2.36. The van der Waals surface area contributed by atoms with Crippen LogP contribution < -0.4 is 4.74 Å². The molecule has 1 aromatic heterocycles. The second-order valence-corrected chi connectivity index (χ2v) is 6.59. The summed E-state index contributed by atoms with van der Waals surface area (Å²) in [6.07, 6.45) is 0. The molecule has 2 heterocycles. The maximum atomic E-state index is 13.3. The Morgan fingerprint density at radius 1 is 1.38 bits per heavy atom. The van der Waals surface area contributed by atoms with E-state index in [-0.39, 0.29) is 12.4 Å². The van der Waals surface area contributed by atoms with Gasteiger partial charge in [-0.1, -0.05) is 18.2 Å². The molecular formula is C18H11FN2O2S. The lowest BCUT2D eigenvalue weighted by atomic mass is 9.89. The molecule has 0 unspecified atom stereocenters. The van der Waals surface area contributed by atoms with Crippen molar-refractivity contribution >= 4 is 27.3 Å². The number of fused-ring (bicyclic) bond motifs is 2. The molecule has 0 saturated heterocycles. The van der Waals surface area contributed by atoms with Crippen LogP contribution in [0.15, 0.2) is 42.5 Å². The van der Waals surface area contributed by atoms with Crippen LogP contribution in [0, 0.1) is 17.1 Å². The molecule has 0 fully saturated rings. The zero-order valence-electron chi connectivity index (χ0n) is 12.4. The molecule has 0 spiro atoms. The van der Waals surface area contributed by atoms with Gasteiger partial charge in [0.15, 0.2) is 11.7 Å². The number of hydrogen-bond donors (Lipinski definition) is 0. The number of aromatic nitrogens is 1. The zero-order chi connectivity index (χ0) is 16.7. The van der Waals surface area contributed by atoms with Crippen LogP contribution in [0.25, 0.3) is 10.2 Å². The van der Waals surface area contributed by atoms with Crippen LogP contribution in [0.5, 0.6) is 5.75 Å². The summed E-state index contributed by atoms with van der Waals surface area (Å²) >= 11 is 1.25. The molecule has 118 valence electrons. The Bertz CT molecular complexity index is 992. The number of rotatable bonds is 3. The minimum absolute atomic E-state index is 0.232. The molecule has 1 aliphatic heterocycles. The Labute approximate surface area is 141 Å². The van der Waals surface area contributed by atoms with E-state index in [1.54, 1.807) is 6.07 Å². The highest BCUT2D eigenvalue weighted by atomic mass is 32.1. The number of benzene rings is 2. The number of para-hydroxylation sites is 1. The van der Waals surface area contributed by atoms with Crippen LogP contribution in [0.2, 0.25) is 0 Å². The van der Waals surface area contributed by atoms with Gasteiger partial charge >= 0.3 is 0 Å². The van der Waals surface area contributed by atoms with Crippen molar-refractivity contribution in [2.75, 3.05) is 6.61 Å². The van der Waals surface area contributed by atoms with Crippen molar-refractivity contribution in [3.05, 3.63) is 58.9 Å². The molecule has 0 amide bonds. The van der Waals surface area contributed by atoms with Crippen LogP contribution in [-0.2, 0) is 4.79 Å². The summed E-state index contributed by atoms with van der Waals surface area (Å²) in [7, 11) is 0. The average molecular weight is 338 g/mol. The van der Waals surface area contributed by atoms with Crippen molar-refractivity contribution < 1.29 is 13.9 Å². The maximum Gasteiger partial charge on any atom is 0.167 e. The molecule has 0 radical (unpaired) electrons. The van der Waals surface area contributed by atoms with E-state index < -0.39 is 17.7 Å². The van der Waals surface area contributed by atoms with Gasteiger partial charge in [0.05, 0.1) is 22.2 Å². The van der Waals surface area contributed by atoms with E-state index in [1.807, 2.05) is 24.3 Å². The van der Waals surface area contributed by atoms with Gasteiger partial charge in [0.25, 0.3) is 0 Å². The van der Waals surface area contributed by atoms with Crippen molar-refractivity contribution in [1.82, 2.24) is 4.98 Å². The van der Waals surface area contributed by atoms with Gasteiger partial charge in [-0.15, -0.1) is 11.3 Å². The number of nitrogens with zero attached hydrogens (tertiary/aromatic N) is 2. The van der Waals surface area contributed by atoms with Crippen molar-refractivity contribution in [2.45, 2.75) is 11.8 Å². The van der Waals surface area contributed by atoms with Gasteiger partial charge in [0, 0.05) is 11.6 Å².